The number of amides is 1. The lowest BCUT2D eigenvalue weighted by Gasteiger charge is -2.17. The van der Waals surface area contributed by atoms with Gasteiger partial charge in [0.15, 0.2) is 9.84 Å². The fraction of sp³-hybridized carbons (Fsp3) is 0.769. The number of carbonyl (C=O) groups excluding carboxylic acids is 2. The Balaban J connectivity index is 2.56. The molecule has 0 aromatic rings. The van der Waals surface area contributed by atoms with Crippen molar-refractivity contribution in [1.82, 2.24) is 4.90 Å². The van der Waals surface area contributed by atoms with Gasteiger partial charge in [-0.3, -0.25) is 9.59 Å². The summed E-state index contributed by atoms with van der Waals surface area (Å²) in [5, 5.41) is 8.45. The maximum atomic E-state index is 12.1. The van der Waals surface area contributed by atoms with Crippen LogP contribution in [0.4, 0.5) is 0 Å². The molecule has 1 amide bonds. The third-order valence-corrected chi connectivity index (χ3v) is 5.30. The van der Waals surface area contributed by atoms with Gasteiger partial charge in [0.1, 0.15) is 5.75 Å². The highest BCUT2D eigenvalue weighted by Gasteiger charge is 2.48. The van der Waals surface area contributed by atoms with E-state index in [-0.39, 0.29) is 25.1 Å². The smallest absolute Gasteiger partial charge is 0.306 e. The van der Waals surface area contributed by atoms with Crippen molar-refractivity contribution in [3.63, 3.8) is 0 Å². The van der Waals surface area contributed by atoms with Gasteiger partial charge in [0.05, 0.1) is 31.8 Å². The van der Waals surface area contributed by atoms with Crippen LogP contribution >= 0.6 is 0 Å². The molecule has 1 aliphatic rings. The minimum atomic E-state index is -3.58. The van der Waals surface area contributed by atoms with Crippen molar-refractivity contribution < 1.29 is 22.7 Å². The zero-order valence-corrected chi connectivity index (χ0v) is 13.1. The number of nitriles is 1. The molecule has 1 aliphatic carbocycles. The van der Waals surface area contributed by atoms with E-state index in [1.165, 1.54) is 19.1 Å². The SMILES string of the molecule is COC(=O)CC1(CS(=O)(=O)CC(=O)N(C)CCC#N)CC1. The van der Waals surface area contributed by atoms with Gasteiger partial charge in [-0.2, -0.15) is 5.26 Å². The van der Waals surface area contributed by atoms with Gasteiger partial charge in [0.2, 0.25) is 5.91 Å². The molecule has 0 unspecified atom stereocenters. The molecule has 8 heteroatoms. The van der Waals surface area contributed by atoms with E-state index in [0.717, 1.165) is 0 Å². The molecule has 7 nitrogen and oxygen atoms in total. The highest BCUT2D eigenvalue weighted by Crippen LogP contribution is 2.50. The average Bonchev–Trinajstić information content (AvgIpc) is 3.13. The molecule has 21 heavy (non-hydrogen) atoms. The number of carbonyl (C=O) groups is 2. The Morgan fingerprint density at radius 3 is 2.48 bits per heavy atom. The second-order valence-electron chi connectivity index (χ2n) is 5.51. The van der Waals surface area contributed by atoms with Gasteiger partial charge in [-0.15, -0.1) is 0 Å². The minimum absolute atomic E-state index is 0.0706. The number of sulfone groups is 1. The standard InChI is InChI=1S/C13H20N2O5S/c1-15(7-3-6-14)11(16)9-21(18,19)10-13(4-5-13)8-12(17)20-2/h3-5,7-10H2,1-2H3. The first kappa shape index (κ1) is 17.4. The van der Waals surface area contributed by atoms with Crippen molar-refractivity contribution in [2.45, 2.75) is 25.7 Å². The van der Waals surface area contributed by atoms with E-state index in [1.54, 1.807) is 0 Å². The Kier molecular flexibility index (Phi) is 5.72. The summed E-state index contributed by atoms with van der Waals surface area (Å²) in [5.74, 6) is -1.72. The van der Waals surface area contributed by atoms with E-state index in [0.29, 0.717) is 12.8 Å². The highest BCUT2D eigenvalue weighted by molar-refractivity contribution is 7.92. The summed E-state index contributed by atoms with van der Waals surface area (Å²) >= 11 is 0. The lowest BCUT2D eigenvalue weighted by molar-refractivity contribution is -0.141. The van der Waals surface area contributed by atoms with Crippen LogP contribution in [0.3, 0.4) is 0 Å². The van der Waals surface area contributed by atoms with Crippen LogP contribution in [0.2, 0.25) is 0 Å². The lowest BCUT2D eigenvalue weighted by atomic mass is 10.1. The van der Waals surface area contributed by atoms with Gasteiger partial charge in [-0.25, -0.2) is 8.42 Å². The van der Waals surface area contributed by atoms with Gasteiger partial charge in [0.25, 0.3) is 0 Å². The molecule has 1 saturated carbocycles. The molecule has 0 bridgehead atoms. The molecule has 0 saturated heterocycles. The first-order valence-electron chi connectivity index (χ1n) is 6.62. The van der Waals surface area contributed by atoms with Gasteiger partial charge < -0.3 is 9.64 Å². The van der Waals surface area contributed by atoms with Crippen LogP contribution in [0, 0.1) is 16.7 Å². The van der Waals surface area contributed by atoms with Gasteiger partial charge >= 0.3 is 5.97 Å². The Morgan fingerprint density at radius 2 is 2.00 bits per heavy atom. The summed E-state index contributed by atoms with van der Waals surface area (Å²) in [6.45, 7) is 0.207. The quantitative estimate of drug-likeness (QED) is 0.589. The largest absolute Gasteiger partial charge is 0.469 e. The summed E-state index contributed by atoms with van der Waals surface area (Å²) in [4.78, 5) is 24.3. The molecule has 0 heterocycles. The summed E-state index contributed by atoms with van der Waals surface area (Å²) in [7, 11) is -0.849. The van der Waals surface area contributed by atoms with Crippen molar-refractivity contribution in [2.24, 2.45) is 5.41 Å². The molecule has 1 rings (SSSR count). The van der Waals surface area contributed by atoms with Crippen molar-refractivity contribution in [1.29, 1.82) is 5.26 Å². The average molecular weight is 316 g/mol. The summed E-state index contributed by atoms with van der Waals surface area (Å²) in [6.07, 6.45) is 1.54. The molecule has 0 aromatic heterocycles. The molecule has 118 valence electrons. The first-order valence-corrected chi connectivity index (χ1v) is 8.44. The summed E-state index contributed by atoms with van der Waals surface area (Å²) in [5.41, 5.74) is -0.558. The van der Waals surface area contributed by atoms with Gasteiger partial charge in [-0.1, -0.05) is 0 Å². The maximum absolute atomic E-state index is 12.1. The van der Waals surface area contributed by atoms with Crippen LogP contribution in [-0.2, 0) is 24.2 Å². The fourth-order valence-corrected chi connectivity index (χ4v) is 4.11. The lowest BCUT2D eigenvalue weighted by Crippen LogP contribution is -2.35. The Morgan fingerprint density at radius 1 is 1.38 bits per heavy atom. The summed E-state index contributed by atoms with van der Waals surface area (Å²) in [6, 6.07) is 1.90. The predicted octanol–water partition coefficient (Wildman–Crippen LogP) is 0.117. The van der Waals surface area contributed by atoms with Crippen LogP contribution in [0.15, 0.2) is 0 Å². The normalized spacial score (nSPS) is 15.9. The van der Waals surface area contributed by atoms with Crippen LogP contribution in [0.25, 0.3) is 0 Å². The first-order chi connectivity index (χ1) is 9.73. The van der Waals surface area contributed by atoms with Crippen molar-refractivity contribution >= 4 is 21.7 Å². The van der Waals surface area contributed by atoms with E-state index < -0.39 is 32.9 Å². The number of nitrogens with zero attached hydrogens (tertiary/aromatic N) is 2. The molecule has 0 spiro atoms. The molecular formula is C13H20N2O5S. The van der Waals surface area contributed by atoms with E-state index in [4.69, 9.17) is 5.26 Å². The molecule has 0 aliphatic heterocycles. The number of hydrogen-bond acceptors (Lipinski definition) is 6. The molecule has 0 N–H and O–H groups in total. The number of methoxy groups -OCH3 is 1. The van der Waals surface area contributed by atoms with Gasteiger partial charge in [-0.05, 0) is 18.3 Å². The van der Waals surface area contributed by atoms with Gasteiger partial charge in [0, 0.05) is 13.6 Å². The molecule has 1 fully saturated rings. The summed E-state index contributed by atoms with van der Waals surface area (Å²) < 4.78 is 28.7. The van der Waals surface area contributed by atoms with E-state index in [1.807, 2.05) is 6.07 Å². The minimum Gasteiger partial charge on any atom is -0.469 e. The van der Waals surface area contributed by atoms with Crippen molar-refractivity contribution in [2.75, 3.05) is 32.2 Å². The third-order valence-electron chi connectivity index (χ3n) is 3.56. The zero-order chi connectivity index (χ0) is 16.1. The zero-order valence-electron chi connectivity index (χ0n) is 12.3. The Hall–Kier alpha value is -1.62. The predicted molar refractivity (Wildman–Crippen MR) is 74.8 cm³/mol. The van der Waals surface area contributed by atoms with E-state index in [2.05, 4.69) is 4.74 Å². The molecular weight excluding hydrogens is 296 g/mol. The number of esters is 1. The second kappa shape index (κ2) is 6.89. The molecule has 0 atom stereocenters. The van der Waals surface area contributed by atoms with E-state index in [9.17, 15) is 18.0 Å². The highest BCUT2D eigenvalue weighted by atomic mass is 32.2. The van der Waals surface area contributed by atoms with Crippen LogP contribution in [0.5, 0.6) is 0 Å². The molecule has 0 radical (unpaired) electrons. The Labute approximate surface area is 124 Å². The van der Waals surface area contributed by atoms with Crippen molar-refractivity contribution in [3.8, 4) is 6.07 Å². The van der Waals surface area contributed by atoms with Crippen molar-refractivity contribution in [3.05, 3.63) is 0 Å². The van der Waals surface area contributed by atoms with Crippen LogP contribution in [0.1, 0.15) is 25.7 Å². The monoisotopic (exact) mass is 316 g/mol. The second-order valence-corrected chi connectivity index (χ2v) is 7.57. The number of rotatable bonds is 8. The third kappa shape index (κ3) is 5.71. The Bertz CT molecular complexity index is 545. The van der Waals surface area contributed by atoms with Crippen LogP contribution < -0.4 is 0 Å². The van der Waals surface area contributed by atoms with Crippen LogP contribution in [-0.4, -0.2) is 57.4 Å². The molecule has 0 aromatic carbocycles. The fourth-order valence-electron chi connectivity index (χ4n) is 2.09. The topological polar surface area (TPSA) is 105 Å². The van der Waals surface area contributed by atoms with E-state index >= 15 is 0 Å². The number of hydrogen-bond donors (Lipinski definition) is 0. The maximum Gasteiger partial charge on any atom is 0.306 e. The number of ether oxygens (including phenoxy) is 1.